The highest BCUT2D eigenvalue weighted by Crippen LogP contribution is 2.24. The fourth-order valence-electron chi connectivity index (χ4n) is 1.02. The van der Waals surface area contributed by atoms with Crippen molar-refractivity contribution in [3.63, 3.8) is 0 Å². The van der Waals surface area contributed by atoms with Gasteiger partial charge in [-0.25, -0.2) is 4.79 Å². The van der Waals surface area contributed by atoms with Crippen LogP contribution < -0.4 is 4.74 Å². The van der Waals surface area contributed by atoms with Crippen LogP contribution in [0.5, 0.6) is 5.75 Å². The van der Waals surface area contributed by atoms with Crippen molar-refractivity contribution >= 4 is 40.2 Å². The largest absolute Gasteiger partial charge is 0.478 e. The number of hydrogen-bond acceptors (Lipinski definition) is 3. The quantitative estimate of drug-likeness (QED) is 0.823. The predicted molar refractivity (Wildman–Crippen MR) is 68.1 cm³/mol. The van der Waals surface area contributed by atoms with Crippen LogP contribution in [-0.4, -0.2) is 30.9 Å². The summed E-state index contributed by atoms with van der Waals surface area (Å²) in [4.78, 5) is 10.8. The summed E-state index contributed by atoms with van der Waals surface area (Å²) in [6, 6.07) is 4.95. The van der Waals surface area contributed by atoms with Crippen LogP contribution in [0.25, 0.3) is 0 Å². The Morgan fingerprint density at radius 2 is 2.31 bits per heavy atom. The zero-order valence-electron chi connectivity index (χ0n) is 8.44. The molecule has 0 saturated heterocycles. The summed E-state index contributed by atoms with van der Waals surface area (Å²) in [6.45, 7) is -0.00542. The molecular formula is C10H10ClIO4. The van der Waals surface area contributed by atoms with Gasteiger partial charge in [0.2, 0.25) is 6.10 Å². The lowest BCUT2D eigenvalue weighted by atomic mass is 10.3. The summed E-state index contributed by atoms with van der Waals surface area (Å²) in [7, 11) is 1.42. The lowest BCUT2D eigenvalue weighted by molar-refractivity contribution is -0.147. The maximum atomic E-state index is 10.8. The zero-order chi connectivity index (χ0) is 12.1. The molecule has 1 atom stereocenters. The number of carboxylic acids is 1. The number of carboxylic acid groups (broad SMARTS) is 1. The Hall–Kier alpha value is -0.530. The van der Waals surface area contributed by atoms with E-state index in [0.717, 1.165) is 3.57 Å². The van der Waals surface area contributed by atoms with Crippen LogP contribution in [0, 0.1) is 3.57 Å². The smallest absolute Gasteiger partial charge is 0.347 e. The number of methoxy groups -OCH3 is 1. The maximum Gasteiger partial charge on any atom is 0.347 e. The number of hydrogen-bond donors (Lipinski definition) is 1. The average molecular weight is 357 g/mol. The first-order valence-corrected chi connectivity index (χ1v) is 5.83. The van der Waals surface area contributed by atoms with Crippen molar-refractivity contribution < 1.29 is 19.4 Å². The molecule has 0 fully saturated rings. The first kappa shape index (κ1) is 13.5. The Morgan fingerprint density at radius 3 is 2.81 bits per heavy atom. The Balaban J connectivity index is 2.77. The molecule has 0 amide bonds. The number of halogens is 2. The molecule has 4 nitrogen and oxygen atoms in total. The summed E-state index contributed by atoms with van der Waals surface area (Å²) < 4.78 is 10.8. The van der Waals surface area contributed by atoms with Gasteiger partial charge in [0.15, 0.2) is 0 Å². The van der Waals surface area contributed by atoms with Crippen molar-refractivity contribution in [1.82, 2.24) is 0 Å². The third-order valence-corrected chi connectivity index (χ3v) is 3.30. The third kappa shape index (κ3) is 3.80. The van der Waals surface area contributed by atoms with E-state index < -0.39 is 12.1 Å². The summed E-state index contributed by atoms with van der Waals surface area (Å²) in [5.74, 6) is -0.606. The van der Waals surface area contributed by atoms with Gasteiger partial charge in [0.1, 0.15) is 5.75 Å². The van der Waals surface area contributed by atoms with E-state index in [4.69, 9.17) is 26.2 Å². The first-order chi connectivity index (χ1) is 7.54. The molecule has 0 aromatic heterocycles. The van der Waals surface area contributed by atoms with Crippen molar-refractivity contribution in [2.45, 2.75) is 6.10 Å². The average Bonchev–Trinajstić information content (AvgIpc) is 2.22. The van der Waals surface area contributed by atoms with Crippen molar-refractivity contribution in [1.29, 1.82) is 0 Å². The highest BCUT2D eigenvalue weighted by atomic mass is 127. The van der Waals surface area contributed by atoms with Crippen LogP contribution in [-0.2, 0) is 9.53 Å². The van der Waals surface area contributed by atoms with Crippen LogP contribution in [0.3, 0.4) is 0 Å². The van der Waals surface area contributed by atoms with Gasteiger partial charge in [0.25, 0.3) is 0 Å². The maximum absolute atomic E-state index is 10.8. The second-order valence-electron chi connectivity index (χ2n) is 2.98. The molecular weight excluding hydrogens is 346 g/mol. The Labute approximate surface area is 112 Å². The summed E-state index contributed by atoms with van der Waals surface area (Å²) >= 11 is 7.88. The molecule has 0 spiro atoms. The number of ether oxygens (including phenoxy) is 2. The lowest BCUT2D eigenvalue weighted by Crippen LogP contribution is -2.31. The standard InChI is InChI=1S/C10H10ClIO4/c1-15-5-9(10(13)14)16-6-2-3-7(11)8(12)4-6/h2-4,9H,5H2,1H3,(H,13,14). The van der Waals surface area contributed by atoms with E-state index in [1.165, 1.54) is 7.11 Å². The van der Waals surface area contributed by atoms with Gasteiger partial charge in [-0.05, 0) is 40.8 Å². The number of benzene rings is 1. The molecule has 1 aromatic carbocycles. The van der Waals surface area contributed by atoms with Crippen LogP contribution in [0.4, 0.5) is 0 Å². The van der Waals surface area contributed by atoms with Crippen LogP contribution >= 0.6 is 34.2 Å². The summed E-state index contributed by atoms with van der Waals surface area (Å²) in [5, 5.41) is 9.46. The van der Waals surface area contributed by atoms with Gasteiger partial charge in [-0.15, -0.1) is 0 Å². The van der Waals surface area contributed by atoms with Gasteiger partial charge in [-0.1, -0.05) is 11.6 Å². The molecule has 88 valence electrons. The predicted octanol–water partition coefficient (Wildman–Crippen LogP) is 2.42. The molecule has 1 aromatic rings. The van der Waals surface area contributed by atoms with Gasteiger partial charge in [0, 0.05) is 10.7 Å². The van der Waals surface area contributed by atoms with E-state index >= 15 is 0 Å². The fraction of sp³-hybridized carbons (Fsp3) is 0.300. The van der Waals surface area contributed by atoms with Gasteiger partial charge in [0.05, 0.1) is 11.6 Å². The normalized spacial score (nSPS) is 12.2. The Morgan fingerprint density at radius 1 is 1.62 bits per heavy atom. The van der Waals surface area contributed by atoms with E-state index in [2.05, 4.69) is 0 Å². The Bertz CT molecular complexity index is 383. The van der Waals surface area contributed by atoms with E-state index in [9.17, 15) is 4.79 Å². The summed E-state index contributed by atoms with van der Waals surface area (Å²) in [6.07, 6.45) is -1.01. The molecule has 0 saturated carbocycles. The van der Waals surface area contributed by atoms with Crippen LogP contribution in [0.1, 0.15) is 0 Å². The van der Waals surface area contributed by atoms with Crippen molar-refractivity contribution in [2.24, 2.45) is 0 Å². The molecule has 0 bridgehead atoms. The molecule has 0 aliphatic carbocycles. The van der Waals surface area contributed by atoms with E-state index in [1.807, 2.05) is 22.6 Å². The van der Waals surface area contributed by atoms with Crippen LogP contribution in [0.2, 0.25) is 5.02 Å². The molecule has 0 aliphatic heterocycles. The van der Waals surface area contributed by atoms with Crippen molar-refractivity contribution in [2.75, 3.05) is 13.7 Å². The molecule has 1 rings (SSSR count). The fourth-order valence-corrected chi connectivity index (χ4v) is 1.63. The molecule has 0 heterocycles. The minimum atomic E-state index is -1.06. The van der Waals surface area contributed by atoms with E-state index in [1.54, 1.807) is 18.2 Å². The van der Waals surface area contributed by atoms with Crippen molar-refractivity contribution in [3.05, 3.63) is 26.8 Å². The molecule has 0 aliphatic rings. The second-order valence-corrected chi connectivity index (χ2v) is 4.55. The van der Waals surface area contributed by atoms with Crippen molar-refractivity contribution in [3.8, 4) is 5.75 Å². The Kier molecular flexibility index (Phi) is 5.30. The monoisotopic (exact) mass is 356 g/mol. The molecule has 1 N–H and O–H groups in total. The minimum Gasteiger partial charge on any atom is -0.478 e. The first-order valence-electron chi connectivity index (χ1n) is 4.38. The SMILES string of the molecule is COCC(Oc1ccc(Cl)c(I)c1)C(=O)O. The molecule has 1 unspecified atom stereocenters. The number of rotatable bonds is 5. The minimum absolute atomic E-state index is 0.00542. The van der Waals surface area contributed by atoms with Gasteiger partial charge >= 0.3 is 5.97 Å². The highest BCUT2D eigenvalue weighted by Gasteiger charge is 2.19. The molecule has 16 heavy (non-hydrogen) atoms. The zero-order valence-corrected chi connectivity index (χ0v) is 11.4. The highest BCUT2D eigenvalue weighted by molar-refractivity contribution is 14.1. The van der Waals surface area contributed by atoms with Gasteiger partial charge in [-0.3, -0.25) is 0 Å². The van der Waals surface area contributed by atoms with Gasteiger partial charge in [-0.2, -0.15) is 0 Å². The topological polar surface area (TPSA) is 55.8 Å². The lowest BCUT2D eigenvalue weighted by Gasteiger charge is -2.14. The molecule has 0 radical (unpaired) electrons. The van der Waals surface area contributed by atoms with Gasteiger partial charge < -0.3 is 14.6 Å². The van der Waals surface area contributed by atoms with E-state index in [-0.39, 0.29) is 6.61 Å². The molecule has 6 heteroatoms. The number of carbonyl (C=O) groups is 1. The summed E-state index contributed by atoms with van der Waals surface area (Å²) in [5.41, 5.74) is 0. The second kappa shape index (κ2) is 6.27. The van der Waals surface area contributed by atoms with E-state index in [0.29, 0.717) is 10.8 Å². The third-order valence-electron chi connectivity index (χ3n) is 1.76. The number of aliphatic carboxylic acids is 1. The van der Waals surface area contributed by atoms with Crippen LogP contribution in [0.15, 0.2) is 18.2 Å².